The SMILES string of the molecule is Cc1nc2c(OCc3c(F)cccc3F)cccn2c1C(=O)NCC1CCc2ccccc2C1C(=O)OC(C)(C)C. The van der Waals surface area contributed by atoms with Crippen LogP contribution in [-0.4, -0.2) is 33.4 Å². The van der Waals surface area contributed by atoms with Gasteiger partial charge in [0.05, 0.1) is 17.2 Å². The number of imidazole rings is 1. The molecule has 1 aliphatic carbocycles. The van der Waals surface area contributed by atoms with Crippen LogP contribution in [-0.2, 0) is 22.6 Å². The Morgan fingerprint density at radius 2 is 1.78 bits per heavy atom. The highest BCUT2D eigenvalue weighted by atomic mass is 19.1. The van der Waals surface area contributed by atoms with E-state index >= 15 is 0 Å². The van der Waals surface area contributed by atoms with E-state index in [1.165, 1.54) is 18.2 Å². The lowest BCUT2D eigenvalue weighted by atomic mass is 9.75. The molecule has 0 saturated carbocycles. The molecule has 0 fully saturated rings. The van der Waals surface area contributed by atoms with Crippen molar-refractivity contribution in [1.29, 1.82) is 0 Å². The van der Waals surface area contributed by atoms with E-state index in [2.05, 4.69) is 10.3 Å². The normalized spacial score (nSPS) is 16.7. The fraction of sp³-hybridized carbons (Fsp3) is 0.344. The molecule has 2 unspecified atom stereocenters. The predicted molar refractivity (Wildman–Crippen MR) is 150 cm³/mol. The predicted octanol–water partition coefficient (Wildman–Crippen LogP) is 5.92. The Morgan fingerprint density at radius 1 is 1.05 bits per heavy atom. The van der Waals surface area contributed by atoms with E-state index in [4.69, 9.17) is 9.47 Å². The van der Waals surface area contributed by atoms with Gasteiger partial charge in [-0.2, -0.15) is 0 Å². The maximum Gasteiger partial charge on any atom is 0.314 e. The Bertz CT molecular complexity index is 1590. The third kappa shape index (κ3) is 5.94. The minimum Gasteiger partial charge on any atom is -0.485 e. The molecule has 9 heteroatoms. The van der Waals surface area contributed by atoms with E-state index in [1.54, 1.807) is 29.7 Å². The first-order valence-corrected chi connectivity index (χ1v) is 13.7. The van der Waals surface area contributed by atoms with E-state index in [9.17, 15) is 18.4 Å². The lowest BCUT2D eigenvalue weighted by molar-refractivity contribution is -0.158. The molecule has 2 atom stereocenters. The van der Waals surface area contributed by atoms with Gasteiger partial charge in [0.25, 0.3) is 5.91 Å². The lowest BCUT2D eigenvalue weighted by Gasteiger charge is -2.34. The van der Waals surface area contributed by atoms with Crippen molar-refractivity contribution < 1.29 is 27.8 Å². The number of benzene rings is 2. The van der Waals surface area contributed by atoms with Crippen molar-refractivity contribution >= 4 is 17.5 Å². The molecule has 5 rings (SSSR count). The molecule has 2 aromatic heterocycles. The van der Waals surface area contributed by atoms with E-state index in [1.807, 2.05) is 45.0 Å². The van der Waals surface area contributed by atoms with Crippen LogP contribution >= 0.6 is 0 Å². The highest BCUT2D eigenvalue weighted by molar-refractivity contribution is 5.95. The number of hydrogen-bond donors (Lipinski definition) is 1. The molecule has 2 aromatic carbocycles. The minimum absolute atomic E-state index is 0.155. The molecule has 214 valence electrons. The van der Waals surface area contributed by atoms with Gasteiger partial charge in [-0.1, -0.05) is 30.3 Å². The van der Waals surface area contributed by atoms with Gasteiger partial charge in [-0.3, -0.25) is 14.0 Å². The summed E-state index contributed by atoms with van der Waals surface area (Å²) in [4.78, 5) is 31.3. The molecule has 0 saturated heterocycles. The average Bonchev–Trinajstić information content (AvgIpc) is 3.26. The van der Waals surface area contributed by atoms with Crippen LogP contribution in [0.25, 0.3) is 5.65 Å². The van der Waals surface area contributed by atoms with Gasteiger partial charge >= 0.3 is 5.97 Å². The summed E-state index contributed by atoms with van der Waals surface area (Å²) in [5, 5.41) is 3.01. The van der Waals surface area contributed by atoms with Crippen LogP contribution in [0.3, 0.4) is 0 Å². The molecule has 7 nitrogen and oxygen atoms in total. The van der Waals surface area contributed by atoms with Crippen molar-refractivity contribution in [3.05, 3.63) is 101 Å². The van der Waals surface area contributed by atoms with Gasteiger partial charge in [-0.15, -0.1) is 0 Å². The maximum absolute atomic E-state index is 14.1. The number of hydrogen-bond acceptors (Lipinski definition) is 5. The number of ether oxygens (including phenoxy) is 2. The molecule has 0 radical (unpaired) electrons. The molecule has 0 bridgehead atoms. The van der Waals surface area contributed by atoms with Crippen LogP contribution in [0.5, 0.6) is 5.75 Å². The lowest BCUT2D eigenvalue weighted by Crippen LogP contribution is -2.39. The van der Waals surface area contributed by atoms with Gasteiger partial charge in [0.15, 0.2) is 11.4 Å². The molecule has 4 aromatic rings. The quantitative estimate of drug-likeness (QED) is 0.284. The van der Waals surface area contributed by atoms with Crippen LogP contribution < -0.4 is 10.1 Å². The Morgan fingerprint density at radius 3 is 2.51 bits per heavy atom. The molecule has 41 heavy (non-hydrogen) atoms. The standard InChI is InChI=1S/C32H33F2N3O4/c1-19-28(37-16-8-13-26(29(37)36-19)40-18-23-24(33)11-7-12-25(23)34)30(38)35-17-21-15-14-20-9-5-6-10-22(20)27(21)31(39)41-32(2,3)4/h5-13,16,21,27H,14-15,17-18H2,1-4H3,(H,35,38). The number of nitrogens with one attached hydrogen (secondary N) is 1. The van der Waals surface area contributed by atoms with Crippen molar-refractivity contribution in [2.45, 2.75) is 58.7 Å². The van der Waals surface area contributed by atoms with Gasteiger partial charge in [-0.25, -0.2) is 13.8 Å². The Balaban J connectivity index is 1.35. The number of pyridine rings is 1. The van der Waals surface area contributed by atoms with E-state index in [-0.39, 0.29) is 42.3 Å². The number of carbonyl (C=O) groups is 2. The number of esters is 1. The summed E-state index contributed by atoms with van der Waals surface area (Å²) in [7, 11) is 0. The average molecular weight is 562 g/mol. The second kappa shape index (κ2) is 11.3. The molecule has 1 aliphatic rings. The third-order valence-corrected chi connectivity index (χ3v) is 7.27. The zero-order valence-corrected chi connectivity index (χ0v) is 23.5. The first-order valence-electron chi connectivity index (χ1n) is 13.7. The highest BCUT2D eigenvalue weighted by Crippen LogP contribution is 2.38. The van der Waals surface area contributed by atoms with Crippen LogP contribution in [0.4, 0.5) is 8.78 Å². The largest absolute Gasteiger partial charge is 0.485 e. The zero-order valence-electron chi connectivity index (χ0n) is 23.5. The first-order chi connectivity index (χ1) is 19.5. The molecular weight excluding hydrogens is 528 g/mol. The zero-order chi connectivity index (χ0) is 29.3. The summed E-state index contributed by atoms with van der Waals surface area (Å²) >= 11 is 0. The molecule has 1 amide bonds. The summed E-state index contributed by atoms with van der Waals surface area (Å²) in [6.07, 6.45) is 3.20. The highest BCUT2D eigenvalue weighted by Gasteiger charge is 2.38. The van der Waals surface area contributed by atoms with Crippen LogP contribution in [0, 0.1) is 24.5 Å². The maximum atomic E-state index is 14.1. The molecular formula is C32H33F2N3O4. The second-order valence-electron chi connectivity index (χ2n) is 11.3. The topological polar surface area (TPSA) is 81.9 Å². The minimum atomic E-state index is -0.702. The third-order valence-electron chi connectivity index (χ3n) is 7.27. The fourth-order valence-corrected chi connectivity index (χ4v) is 5.40. The Kier molecular flexibility index (Phi) is 7.80. The van der Waals surface area contributed by atoms with Crippen LogP contribution in [0.1, 0.15) is 66.0 Å². The number of aromatic nitrogens is 2. The van der Waals surface area contributed by atoms with Crippen molar-refractivity contribution in [3.8, 4) is 5.75 Å². The van der Waals surface area contributed by atoms with E-state index in [0.29, 0.717) is 17.0 Å². The van der Waals surface area contributed by atoms with E-state index < -0.39 is 23.2 Å². The first kappa shape index (κ1) is 28.3. The number of nitrogens with zero attached hydrogens (tertiary/aromatic N) is 2. The van der Waals surface area contributed by atoms with Crippen molar-refractivity contribution in [2.75, 3.05) is 6.54 Å². The van der Waals surface area contributed by atoms with Gasteiger partial charge < -0.3 is 14.8 Å². The Labute approximate surface area is 237 Å². The summed E-state index contributed by atoms with van der Waals surface area (Å²) in [6.45, 7) is 7.17. The number of fused-ring (bicyclic) bond motifs is 2. The monoisotopic (exact) mass is 561 g/mol. The molecule has 1 N–H and O–H groups in total. The van der Waals surface area contributed by atoms with Crippen LogP contribution in [0.15, 0.2) is 60.8 Å². The fourth-order valence-electron chi connectivity index (χ4n) is 5.40. The van der Waals surface area contributed by atoms with Gasteiger partial charge in [0.1, 0.15) is 29.5 Å². The number of aryl methyl sites for hydroxylation is 2. The van der Waals surface area contributed by atoms with Crippen LogP contribution in [0.2, 0.25) is 0 Å². The number of carbonyl (C=O) groups excluding carboxylic acids is 2. The smallest absolute Gasteiger partial charge is 0.314 e. The summed E-state index contributed by atoms with van der Waals surface area (Å²) in [5.74, 6) is -2.43. The van der Waals surface area contributed by atoms with Gasteiger partial charge in [-0.05, 0) is 81.8 Å². The number of amides is 1. The number of halogens is 2. The Hall–Kier alpha value is -4.27. The van der Waals surface area contributed by atoms with Gasteiger partial charge in [0, 0.05) is 12.7 Å². The number of rotatable bonds is 7. The van der Waals surface area contributed by atoms with Crippen molar-refractivity contribution in [3.63, 3.8) is 0 Å². The van der Waals surface area contributed by atoms with Crippen molar-refractivity contribution in [1.82, 2.24) is 14.7 Å². The summed E-state index contributed by atoms with van der Waals surface area (Å²) < 4.78 is 41.3. The molecule has 0 spiro atoms. The molecule has 0 aliphatic heterocycles. The van der Waals surface area contributed by atoms with E-state index in [0.717, 1.165) is 24.0 Å². The summed E-state index contributed by atoms with van der Waals surface area (Å²) in [6, 6.07) is 14.8. The van der Waals surface area contributed by atoms with Crippen molar-refractivity contribution in [2.24, 2.45) is 5.92 Å². The second-order valence-corrected chi connectivity index (χ2v) is 11.3. The molecule has 2 heterocycles. The van der Waals surface area contributed by atoms with Gasteiger partial charge in [0.2, 0.25) is 0 Å². The summed E-state index contributed by atoms with van der Waals surface area (Å²) in [5.41, 5.74) is 2.36.